The molecule has 0 unspecified atom stereocenters. The third-order valence-corrected chi connectivity index (χ3v) is 4.11. The maximum absolute atomic E-state index is 12.3. The molecule has 0 saturated carbocycles. The minimum Gasteiger partial charge on any atom is -0.472 e. The lowest BCUT2D eigenvalue weighted by Crippen LogP contribution is -2.42. The molecule has 0 aliphatic carbocycles. The molecular weight excluding hydrogens is 296 g/mol. The number of piperidine rings is 1. The van der Waals surface area contributed by atoms with Crippen LogP contribution in [-0.4, -0.2) is 49.5 Å². The number of fused-ring (bicyclic) bond motifs is 1. The Balaban J connectivity index is 1.40. The van der Waals surface area contributed by atoms with Gasteiger partial charge in [0.2, 0.25) is 5.65 Å². The monoisotopic (exact) mass is 312 g/mol. The van der Waals surface area contributed by atoms with Gasteiger partial charge in [0.15, 0.2) is 5.82 Å². The minimum absolute atomic E-state index is 0.0230. The number of nitrogens with zero attached hydrogens (tertiary/aromatic N) is 5. The SMILES string of the molecule is O=C(c1ccoc1)N1CCC(Nc2nccn3cnnc23)CC1. The van der Waals surface area contributed by atoms with E-state index in [1.165, 1.54) is 12.5 Å². The second kappa shape index (κ2) is 5.71. The molecule has 8 heteroatoms. The van der Waals surface area contributed by atoms with Crippen LogP contribution in [0.5, 0.6) is 0 Å². The first kappa shape index (κ1) is 13.7. The van der Waals surface area contributed by atoms with Gasteiger partial charge < -0.3 is 14.6 Å². The second-order valence-electron chi connectivity index (χ2n) is 5.56. The van der Waals surface area contributed by atoms with E-state index in [2.05, 4.69) is 20.5 Å². The molecule has 0 spiro atoms. The van der Waals surface area contributed by atoms with E-state index in [1.807, 2.05) is 15.5 Å². The quantitative estimate of drug-likeness (QED) is 0.787. The van der Waals surface area contributed by atoms with Crippen LogP contribution in [0.25, 0.3) is 5.65 Å². The van der Waals surface area contributed by atoms with Crippen molar-refractivity contribution in [3.8, 4) is 0 Å². The summed E-state index contributed by atoms with van der Waals surface area (Å²) < 4.78 is 6.80. The Morgan fingerprint density at radius 2 is 2.22 bits per heavy atom. The fourth-order valence-corrected chi connectivity index (χ4v) is 2.85. The van der Waals surface area contributed by atoms with Gasteiger partial charge in [-0.25, -0.2) is 4.98 Å². The number of furan rings is 1. The molecule has 1 aliphatic heterocycles. The standard InChI is InChI=1S/C15H16N6O2/c22-15(11-3-8-23-9-11)20-5-1-12(2-6-20)18-13-14-19-17-10-21(14)7-4-16-13/h3-4,7-10,12H,1-2,5-6H2,(H,16,18). The van der Waals surface area contributed by atoms with E-state index >= 15 is 0 Å². The number of amides is 1. The highest BCUT2D eigenvalue weighted by Gasteiger charge is 2.24. The van der Waals surface area contributed by atoms with Crippen LogP contribution < -0.4 is 5.32 Å². The zero-order chi connectivity index (χ0) is 15.6. The van der Waals surface area contributed by atoms with Gasteiger partial charge >= 0.3 is 0 Å². The van der Waals surface area contributed by atoms with Crippen LogP contribution in [0.15, 0.2) is 41.7 Å². The van der Waals surface area contributed by atoms with Crippen molar-refractivity contribution in [2.75, 3.05) is 18.4 Å². The minimum atomic E-state index is 0.0230. The van der Waals surface area contributed by atoms with E-state index in [9.17, 15) is 4.79 Å². The number of rotatable bonds is 3. The molecular formula is C15H16N6O2. The van der Waals surface area contributed by atoms with Crippen LogP contribution in [0.3, 0.4) is 0 Å². The lowest BCUT2D eigenvalue weighted by atomic mass is 10.0. The van der Waals surface area contributed by atoms with Gasteiger partial charge in [-0.2, -0.15) is 0 Å². The normalized spacial score (nSPS) is 15.9. The first-order valence-electron chi connectivity index (χ1n) is 7.53. The largest absolute Gasteiger partial charge is 0.472 e. The topological polar surface area (TPSA) is 88.6 Å². The van der Waals surface area contributed by atoms with E-state index < -0.39 is 0 Å². The zero-order valence-electron chi connectivity index (χ0n) is 12.4. The van der Waals surface area contributed by atoms with E-state index in [1.54, 1.807) is 18.6 Å². The van der Waals surface area contributed by atoms with Crippen LogP contribution in [0.4, 0.5) is 5.82 Å². The molecule has 0 radical (unpaired) electrons. The van der Waals surface area contributed by atoms with Crippen LogP contribution in [0.1, 0.15) is 23.2 Å². The average Bonchev–Trinajstić information content (AvgIpc) is 3.27. The van der Waals surface area contributed by atoms with Crippen molar-refractivity contribution in [2.45, 2.75) is 18.9 Å². The molecule has 4 heterocycles. The van der Waals surface area contributed by atoms with Crippen molar-refractivity contribution in [3.63, 3.8) is 0 Å². The molecule has 4 rings (SSSR count). The average molecular weight is 312 g/mol. The number of nitrogens with one attached hydrogen (secondary N) is 1. The number of likely N-dealkylation sites (tertiary alicyclic amines) is 1. The number of hydrogen-bond donors (Lipinski definition) is 1. The van der Waals surface area contributed by atoms with Gasteiger partial charge in [-0.05, 0) is 18.9 Å². The smallest absolute Gasteiger partial charge is 0.257 e. The highest BCUT2D eigenvalue weighted by molar-refractivity contribution is 5.93. The van der Waals surface area contributed by atoms with Crippen molar-refractivity contribution >= 4 is 17.4 Å². The molecule has 0 atom stereocenters. The Morgan fingerprint density at radius 1 is 1.35 bits per heavy atom. The summed E-state index contributed by atoms with van der Waals surface area (Å²) in [7, 11) is 0. The van der Waals surface area contributed by atoms with Crippen LogP contribution in [0.2, 0.25) is 0 Å². The Labute approximate surface area is 132 Å². The molecule has 8 nitrogen and oxygen atoms in total. The summed E-state index contributed by atoms with van der Waals surface area (Å²) in [6.07, 6.45) is 9.91. The van der Waals surface area contributed by atoms with Crippen LogP contribution in [0, 0.1) is 0 Å². The molecule has 1 aliphatic rings. The lowest BCUT2D eigenvalue weighted by Gasteiger charge is -2.32. The number of hydrogen-bond acceptors (Lipinski definition) is 6. The Kier molecular flexibility index (Phi) is 3.41. The second-order valence-corrected chi connectivity index (χ2v) is 5.56. The predicted octanol–water partition coefficient (Wildman–Crippen LogP) is 1.43. The first-order valence-corrected chi connectivity index (χ1v) is 7.53. The third kappa shape index (κ3) is 2.63. The van der Waals surface area contributed by atoms with E-state index in [0.29, 0.717) is 24.3 Å². The molecule has 3 aromatic rings. The lowest BCUT2D eigenvalue weighted by molar-refractivity contribution is 0.0717. The Bertz CT molecular complexity index is 804. The van der Waals surface area contributed by atoms with Crippen LogP contribution in [-0.2, 0) is 0 Å². The summed E-state index contributed by atoms with van der Waals surface area (Å²) in [5, 5.41) is 11.4. The molecule has 1 fully saturated rings. The first-order chi connectivity index (χ1) is 11.3. The highest BCUT2D eigenvalue weighted by Crippen LogP contribution is 2.19. The molecule has 23 heavy (non-hydrogen) atoms. The van der Waals surface area contributed by atoms with Gasteiger partial charge in [-0.1, -0.05) is 0 Å². The third-order valence-electron chi connectivity index (χ3n) is 4.11. The van der Waals surface area contributed by atoms with Gasteiger partial charge in [0.05, 0.1) is 11.8 Å². The fourth-order valence-electron chi connectivity index (χ4n) is 2.85. The summed E-state index contributed by atoms with van der Waals surface area (Å²) in [6, 6.07) is 1.96. The van der Waals surface area contributed by atoms with Gasteiger partial charge in [0.25, 0.3) is 5.91 Å². The summed E-state index contributed by atoms with van der Waals surface area (Å²) in [5.41, 5.74) is 1.32. The summed E-state index contributed by atoms with van der Waals surface area (Å²) in [6.45, 7) is 1.41. The van der Waals surface area contributed by atoms with Crippen LogP contribution >= 0.6 is 0 Å². The van der Waals surface area contributed by atoms with Crippen molar-refractivity contribution in [1.29, 1.82) is 0 Å². The molecule has 0 bridgehead atoms. The molecule has 1 saturated heterocycles. The van der Waals surface area contributed by atoms with Gasteiger partial charge in [-0.3, -0.25) is 9.20 Å². The summed E-state index contributed by atoms with van der Waals surface area (Å²) in [4.78, 5) is 18.5. The molecule has 1 amide bonds. The highest BCUT2D eigenvalue weighted by atomic mass is 16.3. The number of carbonyl (C=O) groups excluding carboxylic acids is 1. The van der Waals surface area contributed by atoms with Gasteiger partial charge in [0.1, 0.15) is 12.6 Å². The van der Waals surface area contributed by atoms with Gasteiger partial charge in [-0.15, -0.1) is 10.2 Å². The van der Waals surface area contributed by atoms with E-state index in [0.717, 1.165) is 18.7 Å². The molecule has 1 N–H and O–H groups in total. The van der Waals surface area contributed by atoms with E-state index in [-0.39, 0.29) is 11.9 Å². The molecule has 118 valence electrons. The van der Waals surface area contributed by atoms with E-state index in [4.69, 9.17) is 4.42 Å². The Morgan fingerprint density at radius 3 is 3.00 bits per heavy atom. The van der Waals surface area contributed by atoms with Crippen molar-refractivity contribution in [1.82, 2.24) is 24.5 Å². The Hall–Kier alpha value is -2.90. The van der Waals surface area contributed by atoms with Gasteiger partial charge in [0, 0.05) is 31.5 Å². The number of aromatic nitrogens is 4. The fraction of sp³-hybridized carbons (Fsp3) is 0.333. The van der Waals surface area contributed by atoms with Crippen molar-refractivity contribution < 1.29 is 9.21 Å². The zero-order valence-corrected chi connectivity index (χ0v) is 12.4. The maximum atomic E-state index is 12.3. The number of anilines is 1. The predicted molar refractivity (Wildman–Crippen MR) is 82.0 cm³/mol. The summed E-state index contributed by atoms with van der Waals surface area (Å²) >= 11 is 0. The maximum Gasteiger partial charge on any atom is 0.257 e. The molecule has 3 aromatic heterocycles. The summed E-state index contributed by atoms with van der Waals surface area (Å²) in [5.74, 6) is 0.750. The number of carbonyl (C=O) groups is 1. The van der Waals surface area contributed by atoms with Crippen molar-refractivity contribution in [3.05, 3.63) is 42.9 Å². The molecule has 0 aromatic carbocycles. The van der Waals surface area contributed by atoms with Crippen molar-refractivity contribution in [2.24, 2.45) is 0 Å².